The van der Waals surface area contributed by atoms with E-state index in [4.69, 9.17) is 5.21 Å². The molecule has 0 radical (unpaired) electrons. The molecule has 1 atom stereocenters. The average Bonchev–Trinajstić information content (AvgIpc) is 2.70. The van der Waals surface area contributed by atoms with E-state index in [2.05, 4.69) is 5.16 Å². The molecular weight excluding hydrogens is 387 g/mol. The van der Waals surface area contributed by atoms with Gasteiger partial charge in [-0.05, 0) is 72.9 Å². The Kier molecular flexibility index (Phi) is 6.69. The first kappa shape index (κ1) is 22.1. The van der Waals surface area contributed by atoms with Crippen molar-refractivity contribution in [1.82, 2.24) is 0 Å². The summed E-state index contributed by atoms with van der Waals surface area (Å²) in [6.45, 7) is 5.88. The van der Waals surface area contributed by atoms with E-state index in [1.165, 1.54) is 6.08 Å². The zero-order chi connectivity index (χ0) is 21.9. The third-order valence-electron chi connectivity index (χ3n) is 5.93. The van der Waals surface area contributed by atoms with Crippen LogP contribution in [0.15, 0.2) is 41.6 Å². The van der Waals surface area contributed by atoms with Gasteiger partial charge in [0.05, 0.1) is 11.6 Å². The molecule has 1 aliphatic carbocycles. The Hall–Kier alpha value is -2.56. The lowest BCUT2D eigenvalue weighted by Crippen LogP contribution is -2.19. The third-order valence-corrected chi connectivity index (χ3v) is 5.93. The fourth-order valence-corrected chi connectivity index (χ4v) is 4.18. The minimum atomic E-state index is -4.37. The number of hydrogen-bond donors (Lipinski definition) is 1. The van der Waals surface area contributed by atoms with Crippen LogP contribution >= 0.6 is 0 Å². The van der Waals surface area contributed by atoms with Gasteiger partial charge in [0.2, 0.25) is 0 Å². The van der Waals surface area contributed by atoms with E-state index >= 15 is 0 Å². The van der Waals surface area contributed by atoms with Crippen molar-refractivity contribution in [3.05, 3.63) is 75.4 Å². The van der Waals surface area contributed by atoms with Gasteiger partial charge >= 0.3 is 6.18 Å². The Morgan fingerprint density at radius 1 is 1.13 bits per heavy atom. The monoisotopic (exact) mass is 415 g/mol. The van der Waals surface area contributed by atoms with E-state index in [0.29, 0.717) is 12.1 Å². The quantitative estimate of drug-likeness (QED) is 0.409. The number of aryl methyl sites for hydroxylation is 3. The summed E-state index contributed by atoms with van der Waals surface area (Å²) in [5.74, 6) is -1.65. The average molecular weight is 415 g/mol. The van der Waals surface area contributed by atoms with E-state index in [-0.39, 0.29) is 5.56 Å². The molecule has 1 unspecified atom stereocenters. The second-order valence-corrected chi connectivity index (χ2v) is 8.07. The van der Waals surface area contributed by atoms with Crippen LogP contribution in [0.2, 0.25) is 0 Å². The first-order valence-electron chi connectivity index (χ1n) is 10.4. The summed E-state index contributed by atoms with van der Waals surface area (Å²) in [4.78, 5) is 0. The zero-order valence-electron chi connectivity index (χ0n) is 17.7. The van der Waals surface area contributed by atoms with Crippen molar-refractivity contribution in [2.24, 2.45) is 5.16 Å². The molecule has 0 aliphatic heterocycles. The molecular formula is C25H28F3NO. The molecule has 0 saturated carbocycles. The SMILES string of the molecule is CCCc1cc(C(/C=C/c2ccc3c(c2)CCC/C3=N\O)C(F)(F)F)cc(C)c1C. The van der Waals surface area contributed by atoms with E-state index in [9.17, 15) is 13.2 Å². The Labute approximate surface area is 176 Å². The van der Waals surface area contributed by atoms with Gasteiger partial charge in [-0.1, -0.05) is 61.0 Å². The maximum Gasteiger partial charge on any atom is 0.399 e. The molecule has 2 aromatic rings. The number of oxime groups is 1. The van der Waals surface area contributed by atoms with Crippen molar-refractivity contribution in [2.75, 3.05) is 0 Å². The predicted octanol–water partition coefficient (Wildman–Crippen LogP) is 7.13. The molecule has 30 heavy (non-hydrogen) atoms. The fourth-order valence-electron chi connectivity index (χ4n) is 4.18. The Balaban J connectivity index is 1.96. The van der Waals surface area contributed by atoms with E-state index in [1.54, 1.807) is 24.3 Å². The van der Waals surface area contributed by atoms with Gasteiger partial charge in [-0.3, -0.25) is 0 Å². The van der Waals surface area contributed by atoms with Gasteiger partial charge in [-0.25, -0.2) is 0 Å². The van der Waals surface area contributed by atoms with Crippen LogP contribution in [-0.2, 0) is 12.8 Å². The highest BCUT2D eigenvalue weighted by Gasteiger charge is 2.39. The van der Waals surface area contributed by atoms with Crippen LogP contribution in [0.4, 0.5) is 13.2 Å². The third kappa shape index (κ3) is 4.77. The summed E-state index contributed by atoms with van der Waals surface area (Å²) in [6, 6.07) is 8.88. The normalized spacial score (nSPS) is 16.8. The standard InChI is InChI=1S/C25H28F3NO/c1-4-6-19-15-21(13-16(2)17(19)3)23(25(26,27)28)12-10-18-9-11-22-20(14-18)7-5-8-24(22)29-30/h9-15,23,30H,4-8H2,1-3H3/b12-10+,29-24+. The predicted molar refractivity (Wildman–Crippen MR) is 115 cm³/mol. The Bertz CT molecular complexity index is 973. The summed E-state index contributed by atoms with van der Waals surface area (Å²) in [5, 5.41) is 12.5. The molecule has 0 amide bonds. The van der Waals surface area contributed by atoms with E-state index in [1.807, 2.05) is 32.9 Å². The van der Waals surface area contributed by atoms with Crippen LogP contribution in [0.3, 0.4) is 0 Å². The first-order valence-corrected chi connectivity index (χ1v) is 10.4. The minimum absolute atomic E-state index is 0.290. The molecule has 0 fully saturated rings. The molecule has 0 spiro atoms. The summed E-state index contributed by atoms with van der Waals surface area (Å²) in [5.41, 5.74) is 6.49. The highest BCUT2D eigenvalue weighted by molar-refractivity contribution is 6.02. The Morgan fingerprint density at radius 3 is 2.57 bits per heavy atom. The lowest BCUT2D eigenvalue weighted by Gasteiger charge is -2.21. The lowest BCUT2D eigenvalue weighted by molar-refractivity contribution is -0.139. The lowest BCUT2D eigenvalue weighted by atomic mass is 9.88. The molecule has 0 bridgehead atoms. The second-order valence-electron chi connectivity index (χ2n) is 8.07. The Morgan fingerprint density at radius 2 is 1.90 bits per heavy atom. The number of allylic oxidation sites excluding steroid dienone is 1. The minimum Gasteiger partial charge on any atom is -0.411 e. The van der Waals surface area contributed by atoms with Gasteiger partial charge in [0.15, 0.2) is 0 Å². The van der Waals surface area contributed by atoms with E-state index < -0.39 is 12.1 Å². The number of hydrogen-bond acceptors (Lipinski definition) is 2. The second kappa shape index (κ2) is 9.07. The van der Waals surface area contributed by atoms with Gasteiger partial charge in [0.25, 0.3) is 0 Å². The highest BCUT2D eigenvalue weighted by atomic mass is 19.4. The van der Waals surface area contributed by atoms with Crippen molar-refractivity contribution < 1.29 is 18.4 Å². The molecule has 2 aromatic carbocycles. The van der Waals surface area contributed by atoms with Crippen LogP contribution in [0, 0.1) is 13.8 Å². The van der Waals surface area contributed by atoms with Crippen LogP contribution in [0.1, 0.15) is 71.0 Å². The maximum atomic E-state index is 13.9. The van der Waals surface area contributed by atoms with E-state index in [0.717, 1.165) is 59.1 Å². The molecule has 2 nitrogen and oxygen atoms in total. The molecule has 3 rings (SSSR count). The number of fused-ring (bicyclic) bond motifs is 1. The highest BCUT2D eigenvalue weighted by Crippen LogP contribution is 2.38. The van der Waals surface area contributed by atoms with Gasteiger partial charge < -0.3 is 5.21 Å². The van der Waals surface area contributed by atoms with Crippen molar-refractivity contribution >= 4 is 11.8 Å². The molecule has 1 N–H and O–H groups in total. The van der Waals surface area contributed by atoms with Crippen molar-refractivity contribution in [3.8, 4) is 0 Å². The van der Waals surface area contributed by atoms with Crippen LogP contribution in [0.25, 0.3) is 6.08 Å². The van der Waals surface area contributed by atoms with Crippen molar-refractivity contribution in [2.45, 2.75) is 65.0 Å². The number of rotatable bonds is 5. The largest absolute Gasteiger partial charge is 0.411 e. The molecule has 160 valence electrons. The van der Waals surface area contributed by atoms with Crippen molar-refractivity contribution in [1.29, 1.82) is 0 Å². The molecule has 0 saturated heterocycles. The van der Waals surface area contributed by atoms with Gasteiger partial charge in [0, 0.05) is 5.56 Å². The van der Waals surface area contributed by atoms with Gasteiger partial charge in [0.1, 0.15) is 0 Å². The maximum absolute atomic E-state index is 13.9. The molecule has 5 heteroatoms. The zero-order valence-corrected chi connectivity index (χ0v) is 17.7. The molecule has 0 heterocycles. The van der Waals surface area contributed by atoms with Gasteiger partial charge in [-0.2, -0.15) is 13.2 Å². The van der Waals surface area contributed by atoms with Crippen LogP contribution in [-0.4, -0.2) is 17.1 Å². The fraction of sp³-hybridized carbons (Fsp3) is 0.400. The number of benzene rings is 2. The smallest absolute Gasteiger partial charge is 0.399 e. The van der Waals surface area contributed by atoms with Crippen molar-refractivity contribution in [3.63, 3.8) is 0 Å². The first-order chi connectivity index (χ1) is 14.2. The summed E-state index contributed by atoms with van der Waals surface area (Å²) in [7, 11) is 0. The molecule has 0 aromatic heterocycles. The van der Waals surface area contributed by atoms with Crippen LogP contribution < -0.4 is 0 Å². The molecule has 1 aliphatic rings. The number of alkyl halides is 3. The number of nitrogens with zero attached hydrogens (tertiary/aromatic N) is 1. The summed E-state index contributed by atoms with van der Waals surface area (Å²) in [6.07, 6.45) is 2.51. The topological polar surface area (TPSA) is 32.6 Å². The number of halogens is 3. The van der Waals surface area contributed by atoms with Gasteiger partial charge in [-0.15, -0.1) is 0 Å². The van der Waals surface area contributed by atoms with Crippen LogP contribution in [0.5, 0.6) is 0 Å². The summed E-state index contributed by atoms with van der Waals surface area (Å²) >= 11 is 0. The summed E-state index contributed by atoms with van der Waals surface area (Å²) < 4.78 is 41.8.